The largest absolute Gasteiger partial charge is 0.496 e. The summed E-state index contributed by atoms with van der Waals surface area (Å²) in [4.78, 5) is 15.2. The first-order valence-electron chi connectivity index (χ1n) is 5.83. The molecule has 19 heavy (non-hydrogen) atoms. The van der Waals surface area contributed by atoms with Gasteiger partial charge in [-0.3, -0.25) is 4.79 Å². The maximum Gasteiger partial charge on any atom is 0.257 e. The maximum atomic E-state index is 12.4. The molecule has 0 bridgehead atoms. The molecule has 4 nitrogen and oxygen atoms in total. The second kappa shape index (κ2) is 5.75. The third-order valence-corrected chi connectivity index (χ3v) is 3.63. The predicted molar refractivity (Wildman–Crippen MR) is 77.5 cm³/mol. The SMILES string of the molecule is COc1ccc(N)cc1C(=O)N(C)Cc1cccs1. The van der Waals surface area contributed by atoms with Crippen LogP contribution in [-0.2, 0) is 6.54 Å². The van der Waals surface area contributed by atoms with E-state index in [0.717, 1.165) is 4.88 Å². The number of nitrogens with zero attached hydrogens (tertiary/aromatic N) is 1. The molecule has 0 fully saturated rings. The van der Waals surface area contributed by atoms with Crippen LogP contribution in [0, 0.1) is 0 Å². The van der Waals surface area contributed by atoms with E-state index < -0.39 is 0 Å². The van der Waals surface area contributed by atoms with Gasteiger partial charge in [-0.1, -0.05) is 6.07 Å². The minimum Gasteiger partial charge on any atom is -0.496 e. The number of carbonyl (C=O) groups excluding carboxylic acids is 1. The molecule has 1 heterocycles. The van der Waals surface area contributed by atoms with Crippen LogP contribution in [0.3, 0.4) is 0 Å². The molecule has 2 N–H and O–H groups in total. The van der Waals surface area contributed by atoms with Crippen LogP contribution >= 0.6 is 11.3 Å². The molecule has 0 radical (unpaired) electrons. The van der Waals surface area contributed by atoms with Crippen molar-refractivity contribution in [3.63, 3.8) is 0 Å². The van der Waals surface area contributed by atoms with Crippen LogP contribution in [0.1, 0.15) is 15.2 Å². The van der Waals surface area contributed by atoms with Gasteiger partial charge in [0.25, 0.3) is 5.91 Å². The van der Waals surface area contributed by atoms with Crippen molar-refractivity contribution in [2.24, 2.45) is 0 Å². The fourth-order valence-corrected chi connectivity index (χ4v) is 2.56. The predicted octanol–water partition coefficient (Wildman–Crippen LogP) is 2.61. The highest BCUT2D eigenvalue weighted by Crippen LogP contribution is 2.23. The zero-order chi connectivity index (χ0) is 13.8. The standard InChI is InChI=1S/C14H16N2O2S/c1-16(9-11-4-3-7-19-11)14(17)12-8-10(15)5-6-13(12)18-2/h3-8H,9,15H2,1-2H3. The summed E-state index contributed by atoms with van der Waals surface area (Å²) < 4.78 is 5.21. The zero-order valence-corrected chi connectivity index (χ0v) is 11.7. The lowest BCUT2D eigenvalue weighted by Crippen LogP contribution is -2.26. The summed E-state index contributed by atoms with van der Waals surface area (Å²) in [6.45, 7) is 0.578. The van der Waals surface area contributed by atoms with E-state index in [1.165, 1.54) is 0 Å². The van der Waals surface area contributed by atoms with E-state index in [-0.39, 0.29) is 5.91 Å². The zero-order valence-electron chi connectivity index (χ0n) is 10.9. The summed E-state index contributed by atoms with van der Waals surface area (Å²) in [5, 5.41) is 1.99. The van der Waals surface area contributed by atoms with E-state index in [9.17, 15) is 4.79 Å². The normalized spacial score (nSPS) is 10.2. The van der Waals surface area contributed by atoms with Crippen LogP contribution in [0.2, 0.25) is 0 Å². The first-order chi connectivity index (χ1) is 9.11. The van der Waals surface area contributed by atoms with Crippen molar-refractivity contribution in [1.29, 1.82) is 0 Å². The number of rotatable bonds is 4. The summed E-state index contributed by atoms with van der Waals surface area (Å²) in [5.41, 5.74) is 6.77. The van der Waals surface area contributed by atoms with Gasteiger partial charge in [0.2, 0.25) is 0 Å². The second-order valence-electron chi connectivity index (χ2n) is 4.20. The van der Waals surface area contributed by atoms with E-state index in [4.69, 9.17) is 10.5 Å². The lowest BCUT2D eigenvalue weighted by molar-refractivity contribution is 0.0783. The van der Waals surface area contributed by atoms with Crippen molar-refractivity contribution in [3.8, 4) is 5.75 Å². The number of anilines is 1. The lowest BCUT2D eigenvalue weighted by Gasteiger charge is -2.18. The third-order valence-electron chi connectivity index (χ3n) is 2.77. The summed E-state index contributed by atoms with van der Waals surface area (Å²) in [6, 6.07) is 9.05. The number of thiophene rings is 1. The average Bonchev–Trinajstić information content (AvgIpc) is 2.90. The molecule has 0 spiro atoms. The number of nitrogen functional groups attached to an aromatic ring is 1. The van der Waals surface area contributed by atoms with E-state index >= 15 is 0 Å². The van der Waals surface area contributed by atoms with Crippen LogP contribution in [-0.4, -0.2) is 25.0 Å². The quantitative estimate of drug-likeness (QED) is 0.873. The monoisotopic (exact) mass is 276 g/mol. The highest BCUT2D eigenvalue weighted by atomic mass is 32.1. The van der Waals surface area contributed by atoms with Crippen molar-refractivity contribution < 1.29 is 9.53 Å². The molecule has 0 saturated carbocycles. The Bertz CT molecular complexity index is 567. The first kappa shape index (κ1) is 13.4. The molecule has 1 amide bonds. The molecule has 1 aromatic carbocycles. The summed E-state index contributed by atoms with van der Waals surface area (Å²) in [7, 11) is 3.31. The first-order valence-corrected chi connectivity index (χ1v) is 6.71. The Morgan fingerprint density at radius 1 is 1.42 bits per heavy atom. The smallest absolute Gasteiger partial charge is 0.257 e. The number of amides is 1. The molecule has 2 aromatic rings. The van der Waals surface area contributed by atoms with Gasteiger partial charge in [-0.05, 0) is 29.6 Å². The topological polar surface area (TPSA) is 55.6 Å². The van der Waals surface area contributed by atoms with Crippen LogP contribution in [0.15, 0.2) is 35.7 Å². The highest BCUT2D eigenvalue weighted by Gasteiger charge is 2.17. The molecule has 0 unspecified atom stereocenters. The van der Waals surface area contributed by atoms with E-state index in [2.05, 4.69) is 0 Å². The van der Waals surface area contributed by atoms with Crippen molar-refractivity contribution >= 4 is 22.9 Å². The third kappa shape index (κ3) is 3.06. The van der Waals surface area contributed by atoms with Gasteiger partial charge in [0.05, 0.1) is 19.2 Å². The average molecular weight is 276 g/mol. The van der Waals surface area contributed by atoms with Gasteiger partial charge in [-0.15, -0.1) is 11.3 Å². The Balaban J connectivity index is 2.21. The van der Waals surface area contributed by atoms with Crippen LogP contribution in [0.4, 0.5) is 5.69 Å². The second-order valence-corrected chi connectivity index (χ2v) is 5.23. The summed E-state index contributed by atoms with van der Waals surface area (Å²) in [6.07, 6.45) is 0. The van der Waals surface area contributed by atoms with Gasteiger partial charge in [0.1, 0.15) is 5.75 Å². The Hall–Kier alpha value is -2.01. The highest BCUT2D eigenvalue weighted by molar-refractivity contribution is 7.09. The Kier molecular flexibility index (Phi) is 4.06. The summed E-state index contributed by atoms with van der Waals surface area (Å²) >= 11 is 1.63. The molecule has 0 saturated heterocycles. The molecule has 0 atom stereocenters. The van der Waals surface area contributed by atoms with E-state index in [1.807, 2.05) is 17.5 Å². The van der Waals surface area contributed by atoms with Gasteiger partial charge in [0, 0.05) is 17.6 Å². The number of methoxy groups -OCH3 is 1. The molecule has 0 aliphatic heterocycles. The number of nitrogens with two attached hydrogens (primary N) is 1. The maximum absolute atomic E-state index is 12.4. The molecule has 2 rings (SSSR count). The van der Waals surface area contributed by atoms with Gasteiger partial charge in [0.15, 0.2) is 0 Å². The molecule has 100 valence electrons. The number of benzene rings is 1. The number of ether oxygens (including phenoxy) is 1. The molecule has 5 heteroatoms. The molecule has 1 aromatic heterocycles. The molecular formula is C14H16N2O2S. The number of hydrogen-bond donors (Lipinski definition) is 1. The van der Waals surface area contributed by atoms with Crippen molar-refractivity contribution in [2.45, 2.75) is 6.54 Å². The molecule has 0 aliphatic rings. The Labute approximate surface area is 116 Å². The minimum atomic E-state index is -0.0995. The minimum absolute atomic E-state index is 0.0995. The fraction of sp³-hybridized carbons (Fsp3) is 0.214. The van der Waals surface area contributed by atoms with Crippen LogP contribution in [0.25, 0.3) is 0 Å². The molecule has 0 aliphatic carbocycles. The lowest BCUT2D eigenvalue weighted by atomic mass is 10.1. The van der Waals surface area contributed by atoms with Gasteiger partial charge >= 0.3 is 0 Å². The van der Waals surface area contributed by atoms with Gasteiger partial charge in [-0.2, -0.15) is 0 Å². The van der Waals surface area contributed by atoms with Crippen molar-refractivity contribution in [3.05, 3.63) is 46.2 Å². The van der Waals surface area contributed by atoms with Gasteiger partial charge < -0.3 is 15.4 Å². The number of hydrogen-bond acceptors (Lipinski definition) is 4. The van der Waals surface area contributed by atoms with Crippen LogP contribution < -0.4 is 10.5 Å². The van der Waals surface area contributed by atoms with E-state index in [1.54, 1.807) is 48.6 Å². The Morgan fingerprint density at radius 3 is 2.84 bits per heavy atom. The number of carbonyl (C=O) groups is 1. The Morgan fingerprint density at radius 2 is 2.21 bits per heavy atom. The van der Waals surface area contributed by atoms with Crippen LogP contribution in [0.5, 0.6) is 5.75 Å². The van der Waals surface area contributed by atoms with E-state index in [0.29, 0.717) is 23.5 Å². The van der Waals surface area contributed by atoms with Crippen molar-refractivity contribution in [1.82, 2.24) is 4.90 Å². The van der Waals surface area contributed by atoms with Gasteiger partial charge in [-0.25, -0.2) is 0 Å². The molecular weight excluding hydrogens is 260 g/mol. The summed E-state index contributed by atoms with van der Waals surface area (Å²) in [5.74, 6) is 0.440. The van der Waals surface area contributed by atoms with Crippen molar-refractivity contribution in [2.75, 3.05) is 19.9 Å². The fourth-order valence-electron chi connectivity index (χ4n) is 1.81.